The van der Waals surface area contributed by atoms with Crippen molar-refractivity contribution in [2.24, 2.45) is 0 Å². The van der Waals surface area contributed by atoms with E-state index in [1.165, 1.54) is 24.1 Å². The molecule has 1 amide bonds. The number of nitrogens with zero attached hydrogens (tertiary/aromatic N) is 4. The lowest BCUT2D eigenvalue weighted by molar-refractivity contribution is -0.116. The highest BCUT2D eigenvalue weighted by Gasteiger charge is 2.13. The molecule has 3 aromatic heterocycles. The van der Waals surface area contributed by atoms with E-state index in [4.69, 9.17) is 4.74 Å². The van der Waals surface area contributed by atoms with Gasteiger partial charge in [-0.2, -0.15) is 4.52 Å². The van der Waals surface area contributed by atoms with Crippen LogP contribution in [-0.4, -0.2) is 37.6 Å². The van der Waals surface area contributed by atoms with Crippen LogP contribution >= 0.6 is 0 Å². The maximum absolute atomic E-state index is 12.3. The van der Waals surface area contributed by atoms with Crippen LogP contribution < -0.4 is 15.6 Å². The molecule has 0 unspecified atom stereocenters. The largest absolute Gasteiger partial charge is 0.481 e. The van der Waals surface area contributed by atoms with Crippen LogP contribution in [0.25, 0.3) is 5.78 Å². The van der Waals surface area contributed by atoms with Gasteiger partial charge in [-0.1, -0.05) is 0 Å². The van der Waals surface area contributed by atoms with Gasteiger partial charge in [0.1, 0.15) is 6.33 Å². The van der Waals surface area contributed by atoms with Gasteiger partial charge in [0.05, 0.1) is 24.7 Å². The van der Waals surface area contributed by atoms with Crippen molar-refractivity contribution >= 4 is 17.4 Å². The van der Waals surface area contributed by atoms with Crippen molar-refractivity contribution < 1.29 is 9.53 Å². The molecule has 24 heavy (non-hydrogen) atoms. The SMILES string of the molecule is COc1ccc(NC(=O)CCc2c(C)nc3nc[nH]n3c2=O)cn1. The highest BCUT2D eigenvalue weighted by atomic mass is 16.5. The van der Waals surface area contributed by atoms with E-state index in [1.807, 2.05) is 0 Å². The number of H-pyrrole nitrogens is 1. The van der Waals surface area contributed by atoms with Gasteiger partial charge in [0, 0.05) is 18.1 Å². The van der Waals surface area contributed by atoms with Gasteiger partial charge in [-0.25, -0.2) is 15.0 Å². The number of aromatic nitrogens is 5. The quantitative estimate of drug-likeness (QED) is 0.712. The summed E-state index contributed by atoms with van der Waals surface area (Å²) in [5.41, 5.74) is 1.39. The average Bonchev–Trinajstić information content (AvgIpc) is 3.04. The number of aromatic amines is 1. The fourth-order valence-electron chi connectivity index (χ4n) is 2.32. The minimum absolute atomic E-state index is 0.157. The maximum atomic E-state index is 12.3. The van der Waals surface area contributed by atoms with Gasteiger partial charge < -0.3 is 10.1 Å². The minimum Gasteiger partial charge on any atom is -0.481 e. The minimum atomic E-state index is -0.242. The van der Waals surface area contributed by atoms with Crippen LogP contribution in [0, 0.1) is 6.92 Å². The Kier molecular flexibility index (Phi) is 4.23. The highest BCUT2D eigenvalue weighted by Crippen LogP contribution is 2.12. The van der Waals surface area contributed by atoms with Gasteiger partial charge in [0.15, 0.2) is 0 Å². The van der Waals surface area contributed by atoms with E-state index in [-0.39, 0.29) is 24.3 Å². The van der Waals surface area contributed by atoms with Crippen molar-refractivity contribution in [1.29, 1.82) is 0 Å². The number of pyridine rings is 1. The van der Waals surface area contributed by atoms with Crippen LogP contribution in [0.2, 0.25) is 0 Å². The van der Waals surface area contributed by atoms with Crippen LogP contribution in [0.5, 0.6) is 5.88 Å². The lowest BCUT2D eigenvalue weighted by atomic mass is 10.1. The second-order valence-electron chi connectivity index (χ2n) is 5.14. The topological polar surface area (TPSA) is 114 Å². The summed E-state index contributed by atoms with van der Waals surface area (Å²) in [6, 6.07) is 3.35. The number of methoxy groups -OCH3 is 1. The average molecular weight is 328 g/mol. The van der Waals surface area contributed by atoms with Gasteiger partial charge in [-0.05, 0) is 19.4 Å². The molecular formula is C15H16N6O3. The van der Waals surface area contributed by atoms with Crippen LogP contribution in [0.4, 0.5) is 5.69 Å². The Bertz CT molecular complexity index is 929. The van der Waals surface area contributed by atoms with Crippen molar-refractivity contribution in [2.45, 2.75) is 19.8 Å². The van der Waals surface area contributed by atoms with Crippen LogP contribution in [0.3, 0.4) is 0 Å². The summed E-state index contributed by atoms with van der Waals surface area (Å²) in [6.45, 7) is 1.73. The van der Waals surface area contributed by atoms with E-state index >= 15 is 0 Å². The molecule has 3 rings (SSSR count). The van der Waals surface area contributed by atoms with Gasteiger partial charge in [-0.3, -0.25) is 14.7 Å². The molecule has 0 aliphatic carbocycles. The van der Waals surface area contributed by atoms with Gasteiger partial charge in [0.25, 0.3) is 11.3 Å². The Labute approximate surface area is 136 Å². The molecule has 124 valence electrons. The van der Waals surface area contributed by atoms with Crippen molar-refractivity contribution in [3.05, 3.63) is 46.3 Å². The second-order valence-corrected chi connectivity index (χ2v) is 5.14. The Morgan fingerprint density at radius 1 is 1.38 bits per heavy atom. The first kappa shape index (κ1) is 15.7. The molecule has 0 bridgehead atoms. The standard InChI is InChI=1S/C15H16N6O3/c1-9-11(14(23)21-15(19-9)17-8-18-21)4-5-12(22)20-10-3-6-13(24-2)16-7-10/h3,6-8H,4-5H2,1-2H3,(H,20,22)(H,17,18,19). The summed E-state index contributed by atoms with van der Waals surface area (Å²) < 4.78 is 6.22. The Balaban J connectivity index is 1.68. The number of anilines is 1. The van der Waals surface area contributed by atoms with Crippen LogP contribution in [0.15, 0.2) is 29.5 Å². The van der Waals surface area contributed by atoms with Gasteiger partial charge in [-0.15, -0.1) is 0 Å². The summed E-state index contributed by atoms with van der Waals surface area (Å²) in [5.74, 6) is 0.570. The molecule has 2 N–H and O–H groups in total. The number of fused-ring (bicyclic) bond motifs is 1. The first-order chi connectivity index (χ1) is 11.6. The summed E-state index contributed by atoms with van der Waals surface area (Å²) in [7, 11) is 1.52. The Hall–Kier alpha value is -3.23. The number of carbonyl (C=O) groups is 1. The highest BCUT2D eigenvalue weighted by molar-refractivity contribution is 5.90. The zero-order valence-electron chi connectivity index (χ0n) is 13.2. The summed E-state index contributed by atoms with van der Waals surface area (Å²) in [5, 5.41) is 5.43. The Morgan fingerprint density at radius 2 is 2.21 bits per heavy atom. The van der Waals surface area contributed by atoms with Gasteiger partial charge in [0.2, 0.25) is 11.8 Å². The van der Waals surface area contributed by atoms with E-state index in [2.05, 4.69) is 25.4 Å². The first-order valence-corrected chi connectivity index (χ1v) is 7.30. The van der Waals surface area contributed by atoms with Crippen molar-refractivity contribution in [3.63, 3.8) is 0 Å². The van der Waals surface area contributed by atoms with Crippen LogP contribution in [0.1, 0.15) is 17.7 Å². The Morgan fingerprint density at radius 3 is 2.92 bits per heavy atom. The molecule has 0 fully saturated rings. The molecule has 0 aromatic carbocycles. The lowest BCUT2D eigenvalue weighted by Gasteiger charge is -2.07. The number of aryl methyl sites for hydroxylation is 1. The molecule has 0 atom stereocenters. The summed E-state index contributed by atoms with van der Waals surface area (Å²) >= 11 is 0. The number of amides is 1. The zero-order chi connectivity index (χ0) is 17.1. The normalized spacial score (nSPS) is 10.8. The van der Waals surface area contributed by atoms with Crippen molar-refractivity contribution in [1.82, 2.24) is 24.6 Å². The third-order valence-corrected chi connectivity index (χ3v) is 3.56. The van der Waals surface area contributed by atoms with Crippen LogP contribution in [-0.2, 0) is 11.2 Å². The number of carbonyl (C=O) groups excluding carboxylic acids is 1. The molecule has 0 radical (unpaired) electrons. The smallest absolute Gasteiger partial charge is 0.277 e. The summed E-state index contributed by atoms with van der Waals surface area (Å²) in [4.78, 5) is 36.6. The van der Waals surface area contributed by atoms with Crippen molar-refractivity contribution in [2.75, 3.05) is 12.4 Å². The molecule has 0 spiro atoms. The zero-order valence-corrected chi connectivity index (χ0v) is 13.2. The fraction of sp³-hybridized carbons (Fsp3) is 0.267. The second kappa shape index (κ2) is 6.49. The van der Waals surface area contributed by atoms with E-state index < -0.39 is 0 Å². The fourth-order valence-corrected chi connectivity index (χ4v) is 2.32. The van der Waals surface area contributed by atoms with E-state index in [1.54, 1.807) is 19.1 Å². The van der Waals surface area contributed by atoms with E-state index in [0.717, 1.165) is 0 Å². The first-order valence-electron chi connectivity index (χ1n) is 7.30. The maximum Gasteiger partial charge on any atom is 0.277 e. The number of rotatable bonds is 5. The number of hydrogen-bond acceptors (Lipinski definition) is 6. The van der Waals surface area contributed by atoms with E-state index in [9.17, 15) is 9.59 Å². The molecule has 0 saturated heterocycles. The number of hydrogen-bond donors (Lipinski definition) is 2. The molecule has 0 aliphatic rings. The predicted octanol–water partition coefficient (Wildman–Crippen LogP) is 0.701. The predicted molar refractivity (Wildman–Crippen MR) is 86.1 cm³/mol. The molecule has 0 saturated carbocycles. The summed E-state index contributed by atoms with van der Waals surface area (Å²) in [6.07, 6.45) is 3.35. The molecule has 9 nitrogen and oxygen atoms in total. The molecule has 0 aliphatic heterocycles. The van der Waals surface area contributed by atoms with E-state index in [0.29, 0.717) is 28.6 Å². The number of ether oxygens (including phenoxy) is 1. The number of nitrogens with one attached hydrogen (secondary N) is 2. The van der Waals surface area contributed by atoms with Gasteiger partial charge >= 0.3 is 0 Å². The third kappa shape index (κ3) is 3.09. The molecule has 9 heteroatoms. The lowest BCUT2D eigenvalue weighted by Crippen LogP contribution is -2.23. The molecule has 3 heterocycles. The third-order valence-electron chi connectivity index (χ3n) is 3.56. The van der Waals surface area contributed by atoms with Crippen molar-refractivity contribution in [3.8, 4) is 5.88 Å². The molecular weight excluding hydrogens is 312 g/mol. The monoisotopic (exact) mass is 328 g/mol. The molecule has 3 aromatic rings.